The molecule has 0 atom stereocenters. The van der Waals surface area contributed by atoms with Gasteiger partial charge in [0, 0.05) is 0 Å². The number of ether oxygens (including phenoxy) is 1. The maximum absolute atomic E-state index is 10.8. The van der Waals surface area contributed by atoms with E-state index in [4.69, 9.17) is 21.4 Å². The van der Waals surface area contributed by atoms with Gasteiger partial charge >= 0.3 is 5.97 Å². The van der Waals surface area contributed by atoms with Crippen LogP contribution in [-0.2, 0) is 4.74 Å². The first-order valence-electron chi connectivity index (χ1n) is 4.31. The lowest BCUT2D eigenvalue weighted by Crippen LogP contribution is -2.30. The van der Waals surface area contributed by atoms with Crippen molar-refractivity contribution in [1.82, 2.24) is 4.98 Å². The Hall–Kier alpha value is -0.780. The first kappa shape index (κ1) is 10.7. The molecule has 6 heteroatoms. The van der Waals surface area contributed by atoms with Gasteiger partial charge in [0.1, 0.15) is 0 Å². The van der Waals surface area contributed by atoms with Crippen molar-refractivity contribution in [2.24, 2.45) is 0 Å². The number of aromatic nitrogens is 1. The summed E-state index contributed by atoms with van der Waals surface area (Å²) in [7, 11) is 0. The van der Waals surface area contributed by atoms with Crippen molar-refractivity contribution >= 4 is 29.3 Å². The van der Waals surface area contributed by atoms with Gasteiger partial charge in [-0.3, -0.25) is 0 Å². The molecule has 0 saturated carbocycles. The lowest BCUT2D eigenvalue weighted by molar-refractivity contribution is 0.0454. The largest absolute Gasteiger partial charge is 0.476 e. The van der Waals surface area contributed by atoms with Gasteiger partial charge in [-0.2, -0.15) is 0 Å². The molecule has 0 spiro atoms. The monoisotopic (exact) mass is 245 g/mol. The summed E-state index contributed by atoms with van der Waals surface area (Å²) in [6.45, 7) is 1.38. The maximum Gasteiger partial charge on any atom is 0.356 e. The van der Waals surface area contributed by atoms with Gasteiger partial charge < -0.3 is 9.84 Å². The molecular weight excluding hydrogens is 238 g/mol. The number of rotatable bonds is 3. The second-order valence-corrected chi connectivity index (χ2v) is 4.79. The van der Waals surface area contributed by atoms with E-state index >= 15 is 0 Å². The van der Waals surface area contributed by atoms with E-state index in [9.17, 15) is 4.79 Å². The SMILES string of the molecule is O=C(O)c1nc(SC2COC2)ccc1Cl. The van der Waals surface area contributed by atoms with Crippen LogP contribution in [0.3, 0.4) is 0 Å². The predicted molar refractivity (Wildman–Crippen MR) is 56.7 cm³/mol. The van der Waals surface area contributed by atoms with E-state index in [0.29, 0.717) is 23.5 Å². The van der Waals surface area contributed by atoms with Crippen LogP contribution in [0, 0.1) is 0 Å². The second-order valence-electron chi connectivity index (χ2n) is 3.06. The number of pyridine rings is 1. The van der Waals surface area contributed by atoms with E-state index in [0.717, 1.165) is 0 Å². The van der Waals surface area contributed by atoms with E-state index in [1.165, 1.54) is 11.8 Å². The Morgan fingerprint density at radius 3 is 2.87 bits per heavy atom. The number of carboxylic acid groups (broad SMARTS) is 1. The van der Waals surface area contributed by atoms with Crippen LogP contribution in [0.1, 0.15) is 10.5 Å². The summed E-state index contributed by atoms with van der Waals surface area (Å²) in [4.78, 5) is 14.7. The second kappa shape index (κ2) is 4.38. The first-order chi connectivity index (χ1) is 7.16. The molecule has 0 unspecified atom stereocenters. The van der Waals surface area contributed by atoms with Crippen molar-refractivity contribution in [2.45, 2.75) is 10.3 Å². The van der Waals surface area contributed by atoms with Crippen LogP contribution in [0.5, 0.6) is 0 Å². The van der Waals surface area contributed by atoms with Crippen molar-refractivity contribution < 1.29 is 14.6 Å². The fourth-order valence-corrected chi connectivity index (χ4v) is 2.24. The molecular formula is C9H8ClNO3S. The van der Waals surface area contributed by atoms with E-state index < -0.39 is 5.97 Å². The molecule has 1 fully saturated rings. The van der Waals surface area contributed by atoms with Crippen molar-refractivity contribution in [3.63, 3.8) is 0 Å². The lowest BCUT2D eigenvalue weighted by atomic mass is 10.3. The van der Waals surface area contributed by atoms with E-state index in [1.807, 2.05) is 0 Å². The summed E-state index contributed by atoms with van der Waals surface area (Å²) in [6.07, 6.45) is 0. The van der Waals surface area contributed by atoms with E-state index in [2.05, 4.69) is 4.98 Å². The zero-order valence-electron chi connectivity index (χ0n) is 7.64. The molecule has 0 bridgehead atoms. The van der Waals surface area contributed by atoms with Gasteiger partial charge in [0.25, 0.3) is 0 Å². The fourth-order valence-electron chi connectivity index (χ4n) is 1.09. The van der Waals surface area contributed by atoms with Gasteiger partial charge in [-0.05, 0) is 12.1 Å². The number of hydrogen-bond donors (Lipinski definition) is 1. The van der Waals surface area contributed by atoms with Crippen LogP contribution in [0.25, 0.3) is 0 Å². The number of nitrogens with zero attached hydrogens (tertiary/aromatic N) is 1. The summed E-state index contributed by atoms with van der Waals surface area (Å²) >= 11 is 7.21. The number of carbonyl (C=O) groups is 1. The van der Waals surface area contributed by atoms with E-state index in [1.54, 1.807) is 12.1 Å². The molecule has 2 heterocycles. The molecule has 80 valence electrons. The standard InChI is InChI=1S/C9H8ClNO3S/c10-6-1-2-7(11-8(6)9(12)13)15-5-3-14-4-5/h1-2,5H,3-4H2,(H,12,13). The Labute approximate surface area is 95.6 Å². The normalized spacial score (nSPS) is 16.1. The topological polar surface area (TPSA) is 59.4 Å². The molecule has 0 aromatic carbocycles. The third kappa shape index (κ3) is 2.42. The minimum atomic E-state index is -1.10. The number of halogens is 1. The Bertz CT molecular complexity index is 395. The molecule has 1 aliphatic heterocycles. The van der Waals surface area contributed by atoms with Gasteiger partial charge in [0.15, 0.2) is 5.69 Å². The highest BCUT2D eigenvalue weighted by Gasteiger charge is 2.21. The minimum absolute atomic E-state index is 0.0955. The smallest absolute Gasteiger partial charge is 0.356 e. The number of aromatic carboxylic acids is 1. The Kier molecular flexibility index (Phi) is 3.14. The van der Waals surface area contributed by atoms with Crippen molar-refractivity contribution in [2.75, 3.05) is 13.2 Å². The zero-order chi connectivity index (χ0) is 10.8. The number of thioether (sulfide) groups is 1. The molecule has 1 aliphatic rings. The summed E-state index contributed by atoms with van der Waals surface area (Å²) in [6, 6.07) is 3.28. The molecule has 0 radical (unpaired) electrons. The third-order valence-corrected chi connectivity index (χ3v) is 3.30. The fraction of sp³-hybridized carbons (Fsp3) is 0.333. The first-order valence-corrected chi connectivity index (χ1v) is 5.57. The molecule has 1 aromatic rings. The van der Waals surface area contributed by atoms with Gasteiger partial charge in [0.2, 0.25) is 0 Å². The van der Waals surface area contributed by atoms with Crippen molar-refractivity contribution in [3.8, 4) is 0 Å². The summed E-state index contributed by atoms with van der Waals surface area (Å²) in [5.41, 5.74) is -0.0955. The third-order valence-electron chi connectivity index (χ3n) is 1.92. The molecule has 1 saturated heterocycles. The van der Waals surface area contributed by atoms with Gasteiger partial charge in [-0.1, -0.05) is 23.4 Å². The highest BCUT2D eigenvalue weighted by molar-refractivity contribution is 8.00. The predicted octanol–water partition coefficient (Wildman–Crippen LogP) is 1.92. The van der Waals surface area contributed by atoms with Gasteiger partial charge in [-0.25, -0.2) is 9.78 Å². The average molecular weight is 246 g/mol. The molecule has 1 N–H and O–H groups in total. The minimum Gasteiger partial charge on any atom is -0.476 e. The van der Waals surface area contributed by atoms with Crippen LogP contribution < -0.4 is 0 Å². The Balaban J connectivity index is 2.17. The average Bonchev–Trinajstić information content (AvgIpc) is 2.13. The Morgan fingerprint density at radius 2 is 2.33 bits per heavy atom. The van der Waals surface area contributed by atoms with Gasteiger partial charge in [0.05, 0.1) is 28.5 Å². The Morgan fingerprint density at radius 1 is 1.60 bits per heavy atom. The highest BCUT2D eigenvalue weighted by atomic mass is 35.5. The molecule has 15 heavy (non-hydrogen) atoms. The molecule has 0 aliphatic carbocycles. The van der Waals surface area contributed by atoms with Crippen LogP contribution in [-0.4, -0.2) is 34.5 Å². The molecule has 4 nitrogen and oxygen atoms in total. The zero-order valence-corrected chi connectivity index (χ0v) is 9.22. The van der Waals surface area contributed by atoms with Crippen molar-refractivity contribution in [3.05, 3.63) is 22.8 Å². The lowest BCUT2D eigenvalue weighted by Gasteiger charge is -2.24. The number of carboxylic acids is 1. The molecule has 1 aromatic heterocycles. The maximum atomic E-state index is 10.8. The van der Waals surface area contributed by atoms with Crippen LogP contribution in [0.15, 0.2) is 17.2 Å². The van der Waals surface area contributed by atoms with E-state index in [-0.39, 0.29) is 10.7 Å². The van der Waals surface area contributed by atoms with Crippen LogP contribution in [0.4, 0.5) is 0 Å². The van der Waals surface area contributed by atoms with Crippen LogP contribution in [0.2, 0.25) is 5.02 Å². The van der Waals surface area contributed by atoms with Crippen LogP contribution >= 0.6 is 23.4 Å². The van der Waals surface area contributed by atoms with Gasteiger partial charge in [-0.15, -0.1) is 0 Å². The summed E-state index contributed by atoms with van der Waals surface area (Å²) in [5, 5.41) is 10.0. The quantitative estimate of drug-likeness (QED) is 0.882. The highest BCUT2D eigenvalue weighted by Crippen LogP contribution is 2.28. The molecule has 0 amide bonds. The summed E-state index contributed by atoms with van der Waals surface area (Å²) in [5.74, 6) is -1.10. The number of hydrogen-bond acceptors (Lipinski definition) is 4. The summed E-state index contributed by atoms with van der Waals surface area (Å²) < 4.78 is 5.02. The molecule has 2 rings (SSSR count). The van der Waals surface area contributed by atoms with Crippen molar-refractivity contribution in [1.29, 1.82) is 0 Å².